The minimum Gasteiger partial charge on any atom is -0.460 e. The Hall–Kier alpha value is -2.12. The van der Waals surface area contributed by atoms with Gasteiger partial charge in [0.25, 0.3) is 0 Å². The van der Waals surface area contributed by atoms with Gasteiger partial charge in [-0.3, -0.25) is 14.6 Å². The van der Waals surface area contributed by atoms with Crippen molar-refractivity contribution in [2.45, 2.75) is 51.9 Å². The first-order chi connectivity index (χ1) is 13.2. The third kappa shape index (κ3) is 5.23. The molecule has 0 aliphatic carbocycles. The summed E-state index contributed by atoms with van der Waals surface area (Å²) >= 11 is 0. The van der Waals surface area contributed by atoms with Gasteiger partial charge in [0, 0.05) is 18.8 Å². The van der Waals surface area contributed by atoms with E-state index in [9.17, 15) is 9.59 Å². The number of hydrogen-bond donors (Lipinski definition) is 1. The summed E-state index contributed by atoms with van der Waals surface area (Å²) in [5.74, 6) is -0.147. The highest BCUT2D eigenvalue weighted by molar-refractivity contribution is 5.89. The molecule has 7 heteroatoms. The highest BCUT2D eigenvalue weighted by Crippen LogP contribution is 2.25. The number of carbonyl (C=O) groups is 2. The summed E-state index contributed by atoms with van der Waals surface area (Å²) in [6.07, 6.45) is 1.08. The van der Waals surface area contributed by atoms with E-state index in [4.69, 9.17) is 15.2 Å². The van der Waals surface area contributed by atoms with Crippen LogP contribution in [0.4, 0.5) is 10.5 Å². The predicted octanol–water partition coefficient (Wildman–Crippen LogP) is 2.52. The van der Waals surface area contributed by atoms with E-state index in [1.165, 1.54) is 0 Å². The van der Waals surface area contributed by atoms with E-state index in [0.29, 0.717) is 19.6 Å². The van der Waals surface area contributed by atoms with Gasteiger partial charge in [-0.15, -0.1) is 0 Å². The van der Waals surface area contributed by atoms with Crippen LogP contribution in [0.3, 0.4) is 0 Å². The van der Waals surface area contributed by atoms with Gasteiger partial charge in [-0.2, -0.15) is 0 Å². The molecule has 0 spiro atoms. The van der Waals surface area contributed by atoms with Gasteiger partial charge in [0.15, 0.2) is 0 Å². The normalized spacial score (nSPS) is 21.6. The van der Waals surface area contributed by atoms with Crippen molar-refractivity contribution in [3.05, 3.63) is 29.8 Å². The molecule has 0 bridgehead atoms. The van der Waals surface area contributed by atoms with E-state index >= 15 is 0 Å². The van der Waals surface area contributed by atoms with Crippen LogP contribution in [0.2, 0.25) is 0 Å². The van der Waals surface area contributed by atoms with E-state index in [1.54, 1.807) is 4.90 Å². The van der Waals surface area contributed by atoms with Crippen molar-refractivity contribution in [1.82, 2.24) is 4.90 Å². The Morgan fingerprint density at radius 2 is 1.86 bits per heavy atom. The van der Waals surface area contributed by atoms with Crippen LogP contribution in [0.15, 0.2) is 24.3 Å². The molecule has 2 aliphatic heterocycles. The van der Waals surface area contributed by atoms with Crippen LogP contribution in [0.1, 0.15) is 39.2 Å². The van der Waals surface area contributed by atoms with Crippen molar-refractivity contribution in [3.63, 3.8) is 0 Å². The molecule has 0 radical (unpaired) electrons. The van der Waals surface area contributed by atoms with Crippen molar-refractivity contribution in [2.24, 2.45) is 11.7 Å². The van der Waals surface area contributed by atoms with Crippen LogP contribution < -0.4 is 10.6 Å². The number of ether oxygens (including phenoxy) is 2. The molecule has 2 fully saturated rings. The molecule has 0 saturated carbocycles. The van der Waals surface area contributed by atoms with Gasteiger partial charge in [-0.05, 0) is 64.4 Å². The second kappa shape index (κ2) is 8.49. The summed E-state index contributed by atoms with van der Waals surface area (Å²) in [4.78, 5) is 28.4. The van der Waals surface area contributed by atoms with Crippen molar-refractivity contribution in [1.29, 1.82) is 0 Å². The largest absolute Gasteiger partial charge is 0.460 e. The zero-order chi connectivity index (χ0) is 20.3. The lowest BCUT2D eigenvalue weighted by Gasteiger charge is -2.33. The van der Waals surface area contributed by atoms with Gasteiger partial charge in [-0.1, -0.05) is 12.1 Å². The number of cyclic esters (lactones) is 1. The Morgan fingerprint density at radius 1 is 1.21 bits per heavy atom. The number of piperidine rings is 1. The van der Waals surface area contributed by atoms with Crippen molar-refractivity contribution >= 4 is 17.7 Å². The number of likely N-dealkylation sites (tertiary alicyclic amines) is 1. The first-order valence-electron chi connectivity index (χ1n) is 9.97. The first-order valence-corrected chi connectivity index (χ1v) is 9.97. The van der Waals surface area contributed by atoms with E-state index < -0.39 is 5.60 Å². The summed E-state index contributed by atoms with van der Waals surface area (Å²) in [6.45, 7) is 8.99. The molecule has 2 N–H and O–H groups in total. The first kappa shape index (κ1) is 20.6. The fourth-order valence-corrected chi connectivity index (χ4v) is 3.66. The standard InChI is InChI=1S/C21H31N3O4/c1-21(2,3)28-19(25)16-8-10-23(11-9-16)13-18-14-24(20(26)27-18)17-6-4-15(12-22)5-7-17/h4-7,16,18H,8-14,22H2,1-3H3. The van der Waals surface area contributed by atoms with Gasteiger partial charge in [0.2, 0.25) is 0 Å². The molecule has 3 rings (SSSR count). The highest BCUT2D eigenvalue weighted by atomic mass is 16.6. The second-order valence-corrected chi connectivity index (χ2v) is 8.60. The average molecular weight is 389 g/mol. The van der Waals surface area contributed by atoms with Gasteiger partial charge >= 0.3 is 12.1 Å². The number of amides is 1. The molecule has 1 aromatic carbocycles. The van der Waals surface area contributed by atoms with E-state index in [2.05, 4.69) is 4.90 Å². The fraction of sp³-hybridized carbons (Fsp3) is 0.619. The minimum atomic E-state index is -0.446. The maximum Gasteiger partial charge on any atom is 0.414 e. The zero-order valence-electron chi connectivity index (χ0n) is 17.0. The third-order valence-corrected chi connectivity index (χ3v) is 5.15. The lowest BCUT2D eigenvalue weighted by atomic mass is 9.96. The number of anilines is 1. The van der Waals surface area contributed by atoms with Gasteiger partial charge in [0.05, 0.1) is 12.5 Å². The molecule has 2 saturated heterocycles. The SMILES string of the molecule is CC(C)(C)OC(=O)C1CCN(CC2CN(c3ccc(CN)cc3)C(=O)O2)CC1. The third-order valence-electron chi connectivity index (χ3n) is 5.15. The fourth-order valence-electron chi connectivity index (χ4n) is 3.66. The Kier molecular flexibility index (Phi) is 6.25. The average Bonchev–Trinajstić information content (AvgIpc) is 3.01. The molecule has 1 amide bonds. The molecule has 2 heterocycles. The molecule has 2 aliphatic rings. The highest BCUT2D eigenvalue weighted by Gasteiger charge is 2.35. The van der Waals surface area contributed by atoms with Crippen LogP contribution >= 0.6 is 0 Å². The van der Waals surface area contributed by atoms with Gasteiger partial charge in [0.1, 0.15) is 11.7 Å². The predicted molar refractivity (Wildman–Crippen MR) is 107 cm³/mol. The Bertz CT molecular complexity index is 691. The number of nitrogens with zero attached hydrogens (tertiary/aromatic N) is 2. The van der Waals surface area contributed by atoms with Crippen LogP contribution in [0.25, 0.3) is 0 Å². The smallest absolute Gasteiger partial charge is 0.414 e. The van der Waals surface area contributed by atoms with Gasteiger partial charge < -0.3 is 15.2 Å². The van der Waals surface area contributed by atoms with Crippen LogP contribution in [0, 0.1) is 5.92 Å². The Labute approximate surface area is 166 Å². The number of nitrogens with two attached hydrogens (primary N) is 1. The van der Waals surface area contributed by atoms with Crippen LogP contribution in [-0.4, -0.2) is 54.8 Å². The quantitative estimate of drug-likeness (QED) is 0.779. The van der Waals surface area contributed by atoms with Crippen LogP contribution in [0.5, 0.6) is 0 Å². The molecular weight excluding hydrogens is 358 g/mol. The van der Waals surface area contributed by atoms with E-state index in [0.717, 1.165) is 37.2 Å². The van der Waals surface area contributed by atoms with E-state index in [1.807, 2.05) is 45.0 Å². The molecule has 7 nitrogen and oxygen atoms in total. The Morgan fingerprint density at radius 3 is 2.43 bits per heavy atom. The topological polar surface area (TPSA) is 85.1 Å². The summed E-state index contributed by atoms with van der Waals surface area (Å²) in [7, 11) is 0. The lowest BCUT2D eigenvalue weighted by molar-refractivity contribution is -0.161. The van der Waals surface area contributed by atoms with Crippen LogP contribution in [-0.2, 0) is 20.8 Å². The molecule has 1 aromatic rings. The number of benzene rings is 1. The minimum absolute atomic E-state index is 0.0424. The number of carbonyl (C=O) groups excluding carboxylic acids is 2. The summed E-state index contributed by atoms with van der Waals surface area (Å²) in [5, 5.41) is 0. The molecule has 28 heavy (non-hydrogen) atoms. The van der Waals surface area contributed by atoms with Crippen molar-refractivity contribution < 1.29 is 19.1 Å². The van der Waals surface area contributed by atoms with Crippen molar-refractivity contribution in [3.8, 4) is 0 Å². The van der Waals surface area contributed by atoms with Crippen molar-refractivity contribution in [2.75, 3.05) is 31.1 Å². The number of esters is 1. The summed E-state index contributed by atoms with van der Waals surface area (Å²) in [5.41, 5.74) is 7.03. The second-order valence-electron chi connectivity index (χ2n) is 8.60. The number of hydrogen-bond acceptors (Lipinski definition) is 6. The molecular formula is C21H31N3O4. The van der Waals surface area contributed by atoms with E-state index in [-0.39, 0.29) is 24.1 Å². The summed E-state index contributed by atoms with van der Waals surface area (Å²) < 4.78 is 11.1. The zero-order valence-corrected chi connectivity index (χ0v) is 17.0. The Balaban J connectivity index is 1.48. The molecule has 1 unspecified atom stereocenters. The molecule has 0 aromatic heterocycles. The monoisotopic (exact) mass is 389 g/mol. The maximum atomic E-state index is 12.3. The summed E-state index contributed by atoms with van der Waals surface area (Å²) in [6, 6.07) is 7.66. The number of rotatable bonds is 5. The lowest BCUT2D eigenvalue weighted by Crippen LogP contribution is -2.42. The molecule has 1 atom stereocenters. The maximum absolute atomic E-state index is 12.3. The van der Waals surface area contributed by atoms with Gasteiger partial charge in [-0.25, -0.2) is 4.79 Å². The molecule has 154 valence electrons.